The second-order valence-corrected chi connectivity index (χ2v) is 4.83. The Morgan fingerprint density at radius 1 is 1.21 bits per heavy atom. The van der Waals surface area contributed by atoms with Gasteiger partial charge in [-0.2, -0.15) is 0 Å². The van der Waals surface area contributed by atoms with Gasteiger partial charge in [0, 0.05) is 12.2 Å². The summed E-state index contributed by atoms with van der Waals surface area (Å²) < 4.78 is 5.72. The van der Waals surface area contributed by atoms with E-state index in [9.17, 15) is 5.11 Å². The maximum atomic E-state index is 9.72. The third-order valence-electron chi connectivity index (χ3n) is 2.61. The van der Waals surface area contributed by atoms with Crippen molar-refractivity contribution in [1.29, 1.82) is 0 Å². The predicted octanol–water partition coefficient (Wildman–Crippen LogP) is 3.28. The van der Waals surface area contributed by atoms with Crippen LogP contribution in [0.3, 0.4) is 0 Å². The van der Waals surface area contributed by atoms with E-state index in [0.717, 1.165) is 11.3 Å². The first-order chi connectivity index (χ1) is 9.20. The highest BCUT2D eigenvalue weighted by Crippen LogP contribution is 2.35. The van der Waals surface area contributed by atoms with E-state index >= 15 is 0 Å². The molecule has 0 amide bonds. The molecule has 0 aliphatic carbocycles. The molecule has 4 nitrogen and oxygen atoms in total. The molecule has 0 saturated heterocycles. The molecule has 2 aromatic rings. The van der Waals surface area contributed by atoms with Crippen molar-refractivity contribution < 1.29 is 9.84 Å². The Bertz CT molecular complexity index is 547. The van der Waals surface area contributed by atoms with Gasteiger partial charge in [-0.15, -0.1) is 0 Å². The monoisotopic (exact) mass is 322 g/mol. The summed E-state index contributed by atoms with van der Waals surface area (Å²) >= 11 is 3.30. The number of hydrogen-bond acceptors (Lipinski definition) is 4. The molecule has 100 valence electrons. The lowest BCUT2D eigenvalue weighted by atomic mass is 10.2. The van der Waals surface area contributed by atoms with Gasteiger partial charge in [0.25, 0.3) is 0 Å². The average molecular weight is 323 g/mol. The van der Waals surface area contributed by atoms with Crippen molar-refractivity contribution in [2.75, 3.05) is 12.5 Å². The molecule has 0 aliphatic rings. The van der Waals surface area contributed by atoms with Crippen molar-refractivity contribution in [3.63, 3.8) is 0 Å². The maximum absolute atomic E-state index is 9.72. The highest BCUT2D eigenvalue weighted by molar-refractivity contribution is 9.10. The molecule has 0 spiro atoms. The van der Waals surface area contributed by atoms with Gasteiger partial charge in [-0.25, -0.2) is 5.43 Å². The number of rotatable bonds is 5. The first-order valence-corrected chi connectivity index (χ1v) is 6.59. The number of benzene rings is 2. The lowest BCUT2D eigenvalue weighted by Gasteiger charge is -2.11. The Hall–Kier alpha value is -1.72. The van der Waals surface area contributed by atoms with Crippen LogP contribution in [0.25, 0.3) is 0 Å². The molecule has 0 radical (unpaired) electrons. The molecule has 0 fully saturated rings. The van der Waals surface area contributed by atoms with Crippen LogP contribution >= 0.6 is 15.9 Å². The van der Waals surface area contributed by atoms with Gasteiger partial charge in [-0.1, -0.05) is 18.2 Å². The molecule has 0 atom stereocenters. The van der Waals surface area contributed by atoms with Gasteiger partial charge in [0.1, 0.15) is 0 Å². The summed E-state index contributed by atoms with van der Waals surface area (Å²) in [6, 6.07) is 13.5. The van der Waals surface area contributed by atoms with Crippen molar-refractivity contribution >= 4 is 21.6 Å². The average Bonchev–Trinajstić information content (AvgIpc) is 2.43. The van der Waals surface area contributed by atoms with Crippen LogP contribution in [0.5, 0.6) is 11.5 Å². The molecular weight excluding hydrogens is 308 g/mol. The first-order valence-electron chi connectivity index (χ1n) is 5.80. The summed E-state index contributed by atoms with van der Waals surface area (Å²) in [6.45, 7) is 0.601. The quantitative estimate of drug-likeness (QED) is 0.739. The number of methoxy groups -OCH3 is 1. The van der Waals surface area contributed by atoms with Gasteiger partial charge in [-0.3, -0.25) is 0 Å². The van der Waals surface area contributed by atoms with Crippen LogP contribution in [0.1, 0.15) is 5.56 Å². The van der Waals surface area contributed by atoms with Crippen molar-refractivity contribution in [2.45, 2.75) is 6.54 Å². The molecule has 0 bridgehead atoms. The van der Waals surface area contributed by atoms with Crippen LogP contribution in [0, 0.1) is 0 Å². The van der Waals surface area contributed by atoms with Crippen LogP contribution < -0.4 is 15.6 Å². The van der Waals surface area contributed by atoms with E-state index < -0.39 is 0 Å². The number of nitrogens with one attached hydrogen (secondary N) is 2. The number of para-hydroxylation sites is 1. The van der Waals surface area contributed by atoms with Crippen molar-refractivity contribution in [3.05, 3.63) is 52.5 Å². The Morgan fingerprint density at radius 2 is 1.95 bits per heavy atom. The molecular formula is C14H15BrN2O2. The van der Waals surface area contributed by atoms with E-state index in [2.05, 4.69) is 26.8 Å². The standard InChI is InChI=1S/C14H15BrN2O2/c1-19-13-8-10(7-12(15)14(13)18)9-16-17-11-5-3-2-4-6-11/h2-8,16-18H,9H2,1H3. The van der Waals surface area contributed by atoms with Gasteiger partial charge in [0.2, 0.25) is 0 Å². The fourth-order valence-electron chi connectivity index (χ4n) is 1.65. The summed E-state index contributed by atoms with van der Waals surface area (Å²) in [6.07, 6.45) is 0. The molecule has 5 heteroatoms. The number of phenolic OH excluding ortho intramolecular Hbond substituents is 1. The second kappa shape index (κ2) is 6.45. The van der Waals surface area contributed by atoms with E-state index in [1.165, 1.54) is 7.11 Å². The zero-order valence-electron chi connectivity index (χ0n) is 10.5. The summed E-state index contributed by atoms with van der Waals surface area (Å²) in [5.41, 5.74) is 8.19. The lowest BCUT2D eigenvalue weighted by Crippen LogP contribution is -2.20. The Kier molecular flexibility index (Phi) is 4.65. The number of hydrogen-bond donors (Lipinski definition) is 3. The van der Waals surface area contributed by atoms with Gasteiger partial charge < -0.3 is 15.3 Å². The minimum Gasteiger partial charge on any atom is -0.503 e. The van der Waals surface area contributed by atoms with Crippen molar-refractivity contribution in [2.24, 2.45) is 0 Å². The predicted molar refractivity (Wildman–Crippen MR) is 79.3 cm³/mol. The van der Waals surface area contributed by atoms with Crippen LogP contribution in [-0.4, -0.2) is 12.2 Å². The van der Waals surface area contributed by atoms with Crippen LogP contribution in [-0.2, 0) is 6.54 Å². The summed E-state index contributed by atoms with van der Waals surface area (Å²) in [5.74, 6) is 0.563. The molecule has 0 aromatic heterocycles. The zero-order chi connectivity index (χ0) is 13.7. The summed E-state index contributed by atoms with van der Waals surface area (Å²) in [5, 5.41) is 9.72. The smallest absolute Gasteiger partial charge is 0.172 e. The van der Waals surface area contributed by atoms with Crippen LogP contribution in [0.2, 0.25) is 0 Å². The molecule has 0 unspecified atom stereocenters. The normalized spacial score (nSPS) is 10.2. The fourth-order valence-corrected chi connectivity index (χ4v) is 2.14. The SMILES string of the molecule is COc1cc(CNNc2ccccc2)cc(Br)c1O. The van der Waals surface area contributed by atoms with E-state index in [1.54, 1.807) is 6.07 Å². The molecule has 0 heterocycles. The highest BCUT2D eigenvalue weighted by atomic mass is 79.9. The second-order valence-electron chi connectivity index (χ2n) is 3.97. The third-order valence-corrected chi connectivity index (χ3v) is 3.21. The van der Waals surface area contributed by atoms with Gasteiger partial charge in [0.05, 0.1) is 11.6 Å². The molecule has 3 N–H and O–H groups in total. The Labute approximate surface area is 120 Å². The van der Waals surface area contributed by atoms with E-state index in [0.29, 0.717) is 16.8 Å². The molecule has 2 aromatic carbocycles. The minimum absolute atomic E-state index is 0.113. The first kappa shape index (κ1) is 13.7. The van der Waals surface area contributed by atoms with Crippen LogP contribution in [0.4, 0.5) is 5.69 Å². The van der Waals surface area contributed by atoms with E-state index in [-0.39, 0.29) is 5.75 Å². The summed E-state index contributed by atoms with van der Waals surface area (Å²) in [4.78, 5) is 0. The lowest BCUT2D eigenvalue weighted by molar-refractivity contribution is 0.371. The largest absolute Gasteiger partial charge is 0.503 e. The number of anilines is 1. The Balaban J connectivity index is 1.98. The number of hydrazine groups is 1. The van der Waals surface area contributed by atoms with Crippen LogP contribution in [0.15, 0.2) is 46.9 Å². The topological polar surface area (TPSA) is 53.5 Å². The van der Waals surface area contributed by atoms with E-state index in [4.69, 9.17) is 4.74 Å². The highest BCUT2D eigenvalue weighted by Gasteiger charge is 2.08. The van der Waals surface area contributed by atoms with Gasteiger partial charge in [-0.05, 0) is 45.8 Å². The van der Waals surface area contributed by atoms with Gasteiger partial charge in [0.15, 0.2) is 11.5 Å². The minimum atomic E-state index is 0.113. The molecule has 19 heavy (non-hydrogen) atoms. The maximum Gasteiger partial charge on any atom is 0.172 e. The van der Waals surface area contributed by atoms with Gasteiger partial charge >= 0.3 is 0 Å². The number of ether oxygens (including phenoxy) is 1. The van der Waals surface area contributed by atoms with Crippen molar-refractivity contribution in [3.8, 4) is 11.5 Å². The Morgan fingerprint density at radius 3 is 2.63 bits per heavy atom. The number of phenols is 1. The van der Waals surface area contributed by atoms with E-state index in [1.807, 2.05) is 36.4 Å². The molecule has 2 rings (SSSR count). The number of halogens is 1. The number of aromatic hydroxyl groups is 1. The fraction of sp³-hybridized carbons (Fsp3) is 0.143. The summed E-state index contributed by atoms with van der Waals surface area (Å²) in [7, 11) is 1.53. The zero-order valence-corrected chi connectivity index (χ0v) is 12.1. The van der Waals surface area contributed by atoms with Crippen molar-refractivity contribution in [1.82, 2.24) is 5.43 Å². The molecule has 0 saturated carbocycles. The molecule has 0 aliphatic heterocycles. The third kappa shape index (κ3) is 3.62.